The molecule has 2 fully saturated rings. The Bertz CT molecular complexity index is 449. The van der Waals surface area contributed by atoms with E-state index >= 15 is 0 Å². The van der Waals surface area contributed by atoms with Gasteiger partial charge in [-0.25, -0.2) is 0 Å². The fourth-order valence-electron chi connectivity index (χ4n) is 4.17. The number of methoxy groups -OCH3 is 1. The molecule has 6 nitrogen and oxygen atoms in total. The first-order valence-corrected chi connectivity index (χ1v) is 10.2. The van der Waals surface area contributed by atoms with Crippen molar-refractivity contribution in [3.8, 4) is 0 Å². The Balaban J connectivity index is 1.93. The highest BCUT2D eigenvalue weighted by molar-refractivity contribution is 5.87. The zero-order chi connectivity index (χ0) is 18.9. The van der Waals surface area contributed by atoms with Crippen molar-refractivity contribution in [3.63, 3.8) is 0 Å². The first-order valence-electron chi connectivity index (χ1n) is 10.2. The summed E-state index contributed by atoms with van der Waals surface area (Å²) < 4.78 is 11.3. The highest BCUT2D eigenvalue weighted by Gasteiger charge is 2.33. The molecule has 3 atom stereocenters. The van der Waals surface area contributed by atoms with Crippen molar-refractivity contribution >= 4 is 11.8 Å². The van der Waals surface area contributed by atoms with Gasteiger partial charge in [0.05, 0.1) is 12.7 Å². The van der Waals surface area contributed by atoms with Gasteiger partial charge in [-0.2, -0.15) is 0 Å². The van der Waals surface area contributed by atoms with Crippen molar-refractivity contribution in [1.82, 2.24) is 10.2 Å². The quantitative estimate of drug-likeness (QED) is 0.714. The second-order valence-electron chi connectivity index (χ2n) is 7.97. The fourth-order valence-corrected chi connectivity index (χ4v) is 4.17. The Hall–Kier alpha value is -1.14. The van der Waals surface area contributed by atoms with Crippen LogP contribution in [0.15, 0.2) is 0 Å². The monoisotopic (exact) mass is 368 g/mol. The fraction of sp³-hybridized carbons (Fsp3) is 0.900. The summed E-state index contributed by atoms with van der Waals surface area (Å²) in [7, 11) is 1.70. The van der Waals surface area contributed by atoms with Crippen LogP contribution in [0.5, 0.6) is 0 Å². The van der Waals surface area contributed by atoms with Crippen molar-refractivity contribution in [2.24, 2.45) is 11.8 Å². The third-order valence-electron chi connectivity index (χ3n) is 5.65. The SMILES string of the molecule is COCC1CCCN(C(=O)C(NC(C)=O)C(C)OCC2CCCCC2)C1. The highest BCUT2D eigenvalue weighted by Crippen LogP contribution is 2.24. The Kier molecular flexibility index (Phi) is 8.85. The Labute approximate surface area is 158 Å². The van der Waals surface area contributed by atoms with Crippen LogP contribution in [0.4, 0.5) is 0 Å². The average Bonchev–Trinajstić information content (AvgIpc) is 2.65. The van der Waals surface area contributed by atoms with Crippen LogP contribution in [-0.2, 0) is 19.1 Å². The van der Waals surface area contributed by atoms with Gasteiger partial charge in [-0.15, -0.1) is 0 Å². The van der Waals surface area contributed by atoms with Gasteiger partial charge in [-0.05, 0) is 44.4 Å². The van der Waals surface area contributed by atoms with Crippen molar-refractivity contribution in [1.29, 1.82) is 0 Å². The van der Waals surface area contributed by atoms with Crippen LogP contribution in [0.3, 0.4) is 0 Å². The summed E-state index contributed by atoms with van der Waals surface area (Å²) in [5.74, 6) is 0.730. The molecule has 2 rings (SSSR count). The van der Waals surface area contributed by atoms with Gasteiger partial charge in [-0.3, -0.25) is 9.59 Å². The Morgan fingerprint density at radius 1 is 1.08 bits per heavy atom. The lowest BCUT2D eigenvalue weighted by Crippen LogP contribution is -2.56. The molecule has 1 saturated heterocycles. The number of nitrogens with zero attached hydrogens (tertiary/aromatic N) is 1. The maximum Gasteiger partial charge on any atom is 0.247 e. The second kappa shape index (κ2) is 10.9. The third kappa shape index (κ3) is 6.54. The molecule has 1 aliphatic carbocycles. The number of hydrogen-bond acceptors (Lipinski definition) is 4. The smallest absolute Gasteiger partial charge is 0.247 e. The molecule has 1 aliphatic heterocycles. The summed E-state index contributed by atoms with van der Waals surface area (Å²) in [6.07, 6.45) is 8.00. The molecular formula is C20H36N2O4. The molecule has 1 saturated carbocycles. The van der Waals surface area contributed by atoms with E-state index in [2.05, 4.69) is 5.32 Å². The van der Waals surface area contributed by atoms with Crippen LogP contribution in [0, 0.1) is 11.8 Å². The lowest BCUT2D eigenvalue weighted by atomic mass is 9.90. The van der Waals surface area contributed by atoms with E-state index in [-0.39, 0.29) is 17.9 Å². The van der Waals surface area contributed by atoms with Crippen molar-refractivity contribution in [2.45, 2.75) is 70.9 Å². The maximum atomic E-state index is 13.1. The van der Waals surface area contributed by atoms with E-state index in [0.717, 1.165) is 19.4 Å². The summed E-state index contributed by atoms with van der Waals surface area (Å²) in [5.41, 5.74) is 0. The minimum atomic E-state index is -0.614. The van der Waals surface area contributed by atoms with E-state index in [0.29, 0.717) is 31.6 Å². The van der Waals surface area contributed by atoms with Crippen molar-refractivity contribution < 1.29 is 19.1 Å². The predicted octanol–water partition coefficient (Wildman–Crippen LogP) is 2.36. The summed E-state index contributed by atoms with van der Waals surface area (Å²) >= 11 is 0. The van der Waals surface area contributed by atoms with Crippen LogP contribution in [0.1, 0.15) is 58.8 Å². The summed E-state index contributed by atoms with van der Waals surface area (Å²) in [4.78, 5) is 26.6. The maximum absolute atomic E-state index is 13.1. The van der Waals surface area contributed by atoms with E-state index in [4.69, 9.17) is 9.47 Å². The second-order valence-corrected chi connectivity index (χ2v) is 7.97. The number of hydrogen-bond donors (Lipinski definition) is 1. The zero-order valence-electron chi connectivity index (χ0n) is 16.7. The van der Waals surface area contributed by atoms with Gasteiger partial charge in [0, 0.05) is 33.7 Å². The van der Waals surface area contributed by atoms with Gasteiger partial charge in [0.15, 0.2) is 0 Å². The normalized spacial score (nSPS) is 24.1. The summed E-state index contributed by atoms with van der Waals surface area (Å²) in [5, 5.41) is 2.82. The van der Waals surface area contributed by atoms with Gasteiger partial charge < -0.3 is 19.7 Å². The minimum absolute atomic E-state index is 0.0304. The molecule has 0 aromatic rings. The molecule has 0 bridgehead atoms. The number of amides is 2. The first kappa shape index (κ1) is 21.2. The molecular weight excluding hydrogens is 332 g/mol. The first-order chi connectivity index (χ1) is 12.5. The lowest BCUT2D eigenvalue weighted by molar-refractivity contribution is -0.142. The number of likely N-dealkylation sites (tertiary alicyclic amines) is 1. The zero-order valence-corrected chi connectivity index (χ0v) is 16.7. The molecule has 2 amide bonds. The van der Waals surface area contributed by atoms with Gasteiger partial charge >= 0.3 is 0 Å². The molecule has 1 heterocycles. The number of rotatable bonds is 8. The molecule has 26 heavy (non-hydrogen) atoms. The molecule has 3 unspecified atom stereocenters. The van der Waals surface area contributed by atoms with E-state index in [1.807, 2.05) is 11.8 Å². The van der Waals surface area contributed by atoms with Gasteiger partial charge in [0.1, 0.15) is 6.04 Å². The molecule has 0 aromatic heterocycles. The standard InChI is InChI=1S/C20H36N2O4/c1-15(26-14-17-8-5-4-6-9-17)19(21-16(2)23)20(24)22-11-7-10-18(12-22)13-25-3/h15,17-19H,4-14H2,1-3H3,(H,21,23). The van der Waals surface area contributed by atoms with Crippen molar-refractivity contribution in [3.05, 3.63) is 0 Å². The molecule has 6 heteroatoms. The molecule has 0 spiro atoms. The number of piperidine rings is 1. The van der Waals surface area contributed by atoms with Crippen LogP contribution < -0.4 is 5.32 Å². The van der Waals surface area contributed by atoms with Crippen LogP contribution in [0.25, 0.3) is 0 Å². The third-order valence-corrected chi connectivity index (χ3v) is 5.65. The highest BCUT2D eigenvalue weighted by atomic mass is 16.5. The van der Waals surface area contributed by atoms with Crippen LogP contribution in [-0.4, -0.2) is 62.3 Å². The van der Waals surface area contributed by atoms with Crippen LogP contribution >= 0.6 is 0 Å². The Morgan fingerprint density at radius 2 is 1.77 bits per heavy atom. The molecule has 0 radical (unpaired) electrons. The largest absolute Gasteiger partial charge is 0.384 e. The Morgan fingerprint density at radius 3 is 2.42 bits per heavy atom. The molecule has 2 aliphatic rings. The topological polar surface area (TPSA) is 67.9 Å². The van der Waals surface area contributed by atoms with Crippen molar-refractivity contribution in [2.75, 3.05) is 33.4 Å². The summed E-state index contributed by atoms with van der Waals surface area (Å²) in [6, 6.07) is -0.614. The average molecular weight is 369 g/mol. The number of carbonyl (C=O) groups is 2. The molecule has 150 valence electrons. The number of carbonyl (C=O) groups excluding carboxylic acids is 2. The predicted molar refractivity (Wildman–Crippen MR) is 101 cm³/mol. The number of ether oxygens (including phenoxy) is 2. The van der Waals surface area contributed by atoms with E-state index in [1.165, 1.54) is 39.0 Å². The van der Waals surface area contributed by atoms with E-state index in [1.54, 1.807) is 7.11 Å². The number of nitrogens with one attached hydrogen (secondary N) is 1. The van der Waals surface area contributed by atoms with E-state index < -0.39 is 6.04 Å². The van der Waals surface area contributed by atoms with E-state index in [9.17, 15) is 9.59 Å². The molecule has 1 N–H and O–H groups in total. The minimum Gasteiger partial charge on any atom is -0.384 e. The van der Waals surface area contributed by atoms with Gasteiger partial charge in [-0.1, -0.05) is 19.3 Å². The van der Waals surface area contributed by atoms with Crippen LogP contribution in [0.2, 0.25) is 0 Å². The summed E-state index contributed by atoms with van der Waals surface area (Å²) in [6.45, 7) is 6.14. The molecule has 0 aromatic carbocycles. The lowest BCUT2D eigenvalue weighted by Gasteiger charge is -2.36. The van der Waals surface area contributed by atoms with Gasteiger partial charge in [0.2, 0.25) is 11.8 Å². The van der Waals surface area contributed by atoms with Gasteiger partial charge in [0.25, 0.3) is 0 Å².